The Morgan fingerprint density at radius 2 is 2.29 bits per heavy atom. The van der Waals surface area contributed by atoms with E-state index in [0.29, 0.717) is 18.8 Å². The first-order valence-electron chi connectivity index (χ1n) is 7.90. The Bertz CT molecular complexity index is 696. The Balaban J connectivity index is 1.56. The number of carbonyl (C=O) groups is 1. The maximum atomic E-state index is 12.3. The van der Waals surface area contributed by atoms with Gasteiger partial charge in [0.05, 0.1) is 11.3 Å². The first-order chi connectivity index (χ1) is 11.4. The average molecular weight is 331 g/mol. The zero-order valence-corrected chi connectivity index (χ0v) is 13.8. The van der Waals surface area contributed by atoms with Crippen molar-refractivity contribution in [1.29, 1.82) is 0 Å². The molecule has 0 aliphatic carbocycles. The second kappa shape index (κ2) is 6.56. The van der Waals surface area contributed by atoms with Gasteiger partial charge in [-0.25, -0.2) is 4.68 Å². The van der Waals surface area contributed by atoms with Crippen LogP contribution in [0.25, 0.3) is 5.69 Å². The first-order valence-corrected chi connectivity index (χ1v) is 7.90. The monoisotopic (exact) mass is 331 g/mol. The van der Waals surface area contributed by atoms with Gasteiger partial charge in [-0.15, -0.1) is 5.10 Å². The molecular weight excluding hydrogens is 310 g/mol. The van der Waals surface area contributed by atoms with Gasteiger partial charge in [0.1, 0.15) is 12.1 Å². The molecule has 24 heavy (non-hydrogen) atoms. The minimum Gasteiger partial charge on any atom is -0.484 e. The molecule has 0 bridgehead atoms. The van der Waals surface area contributed by atoms with Crippen LogP contribution in [0.15, 0.2) is 30.6 Å². The smallest absolute Gasteiger partial charge is 0.260 e. The van der Waals surface area contributed by atoms with E-state index < -0.39 is 5.60 Å². The summed E-state index contributed by atoms with van der Waals surface area (Å²) in [7, 11) is 0. The number of ether oxygens (including phenoxy) is 1. The molecule has 3 rings (SSSR count). The van der Waals surface area contributed by atoms with Crippen molar-refractivity contribution in [3.8, 4) is 11.4 Å². The van der Waals surface area contributed by atoms with E-state index in [2.05, 4.69) is 15.5 Å². The third-order valence-electron chi connectivity index (χ3n) is 4.33. The Hall–Kier alpha value is -2.48. The molecule has 1 fully saturated rings. The number of amides is 1. The molecule has 1 unspecified atom stereocenters. The number of hydrogen-bond donors (Lipinski definition) is 1. The van der Waals surface area contributed by atoms with Crippen molar-refractivity contribution in [2.75, 3.05) is 19.7 Å². The zero-order chi connectivity index (χ0) is 17.2. The molecule has 128 valence electrons. The number of nitrogens with zero attached hydrogens (tertiary/aromatic N) is 5. The SMILES string of the molecule is CC(C)(O)C1CCN(C(=O)COc2cccc(-n3cnnn3)c2)C1. The molecule has 0 spiro atoms. The predicted molar refractivity (Wildman–Crippen MR) is 85.6 cm³/mol. The van der Waals surface area contributed by atoms with Gasteiger partial charge in [0.25, 0.3) is 5.91 Å². The fourth-order valence-corrected chi connectivity index (χ4v) is 2.80. The van der Waals surface area contributed by atoms with E-state index in [1.807, 2.05) is 12.1 Å². The number of tetrazole rings is 1. The summed E-state index contributed by atoms with van der Waals surface area (Å²) in [4.78, 5) is 14.0. The minimum absolute atomic E-state index is 0.0301. The van der Waals surface area contributed by atoms with Crippen LogP contribution in [-0.4, -0.2) is 61.4 Å². The summed E-state index contributed by atoms with van der Waals surface area (Å²) < 4.78 is 7.12. The number of aromatic nitrogens is 4. The van der Waals surface area contributed by atoms with Crippen LogP contribution in [0.3, 0.4) is 0 Å². The van der Waals surface area contributed by atoms with Gasteiger partial charge in [0.15, 0.2) is 6.61 Å². The van der Waals surface area contributed by atoms with Gasteiger partial charge in [-0.1, -0.05) is 6.07 Å². The van der Waals surface area contributed by atoms with Gasteiger partial charge in [-0.2, -0.15) is 0 Å². The summed E-state index contributed by atoms with van der Waals surface area (Å²) in [6, 6.07) is 7.22. The second-order valence-corrected chi connectivity index (χ2v) is 6.52. The van der Waals surface area contributed by atoms with E-state index in [1.54, 1.807) is 30.9 Å². The van der Waals surface area contributed by atoms with Crippen molar-refractivity contribution in [1.82, 2.24) is 25.1 Å². The summed E-state index contributed by atoms with van der Waals surface area (Å²) in [5.41, 5.74) is -0.0102. The Kier molecular flexibility index (Phi) is 4.48. The van der Waals surface area contributed by atoms with Gasteiger partial charge in [-0.3, -0.25) is 4.79 Å². The van der Waals surface area contributed by atoms with Gasteiger partial charge < -0.3 is 14.7 Å². The fraction of sp³-hybridized carbons (Fsp3) is 0.500. The van der Waals surface area contributed by atoms with Crippen LogP contribution in [0.2, 0.25) is 0 Å². The van der Waals surface area contributed by atoms with Crippen LogP contribution < -0.4 is 4.74 Å². The lowest BCUT2D eigenvalue weighted by Crippen LogP contribution is -2.37. The molecule has 0 radical (unpaired) electrons. The zero-order valence-electron chi connectivity index (χ0n) is 13.8. The highest BCUT2D eigenvalue weighted by Crippen LogP contribution is 2.27. The van der Waals surface area contributed by atoms with E-state index in [9.17, 15) is 9.90 Å². The first kappa shape index (κ1) is 16.4. The molecule has 0 saturated carbocycles. The third kappa shape index (κ3) is 3.70. The van der Waals surface area contributed by atoms with Gasteiger partial charge in [0.2, 0.25) is 0 Å². The standard InChI is InChI=1S/C16H21N5O3/c1-16(2,23)12-6-7-20(9-12)15(22)10-24-14-5-3-4-13(8-14)21-11-17-18-19-21/h3-5,8,11-12,23H,6-7,9-10H2,1-2H3. The Labute approximate surface area is 140 Å². The molecule has 1 aliphatic rings. The van der Waals surface area contributed by atoms with Crippen LogP contribution >= 0.6 is 0 Å². The van der Waals surface area contributed by atoms with E-state index in [1.165, 1.54) is 11.0 Å². The van der Waals surface area contributed by atoms with Crippen molar-refractivity contribution in [2.45, 2.75) is 25.9 Å². The summed E-state index contributed by atoms with van der Waals surface area (Å²) in [6.07, 6.45) is 2.30. The molecule has 1 aromatic heterocycles. The van der Waals surface area contributed by atoms with Crippen LogP contribution in [0, 0.1) is 5.92 Å². The lowest BCUT2D eigenvalue weighted by Gasteiger charge is -2.25. The molecule has 8 heteroatoms. The topological polar surface area (TPSA) is 93.4 Å². The van der Waals surface area contributed by atoms with Crippen molar-refractivity contribution < 1.29 is 14.6 Å². The van der Waals surface area contributed by atoms with Gasteiger partial charge in [0, 0.05) is 25.1 Å². The molecular formula is C16H21N5O3. The highest BCUT2D eigenvalue weighted by Gasteiger charge is 2.35. The number of carbonyl (C=O) groups excluding carboxylic acids is 1. The molecule has 2 heterocycles. The molecule has 1 saturated heterocycles. The normalized spacial score (nSPS) is 18.0. The number of aliphatic hydroxyl groups is 1. The third-order valence-corrected chi connectivity index (χ3v) is 4.33. The molecule has 8 nitrogen and oxygen atoms in total. The summed E-state index contributed by atoms with van der Waals surface area (Å²) in [6.45, 7) is 4.76. The molecule has 1 amide bonds. The average Bonchev–Trinajstić information content (AvgIpc) is 3.23. The van der Waals surface area contributed by atoms with Gasteiger partial charge in [-0.05, 0) is 42.8 Å². The Morgan fingerprint density at radius 1 is 1.46 bits per heavy atom. The maximum absolute atomic E-state index is 12.3. The maximum Gasteiger partial charge on any atom is 0.260 e. The highest BCUT2D eigenvalue weighted by atomic mass is 16.5. The van der Waals surface area contributed by atoms with Crippen molar-refractivity contribution in [2.24, 2.45) is 5.92 Å². The summed E-state index contributed by atoms with van der Waals surface area (Å²) in [5, 5.41) is 21.1. The van der Waals surface area contributed by atoms with Crippen LogP contribution in [0.1, 0.15) is 20.3 Å². The van der Waals surface area contributed by atoms with Crippen molar-refractivity contribution in [3.05, 3.63) is 30.6 Å². The summed E-state index contributed by atoms with van der Waals surface area (Å²) in [5.74, 6) is 0.605. The van der Waals surface area contributed by atoms with Crippen LogP contribution in [0.4, 0.5) is 0 Å². The lowest BCUT2D eigenvalue weighted by atomic mass is 9.90. The lowest BCUT2D eigenvalue weighted by molar-refractivity contribution is -0.132. The molecule has 1 aliphatic heterocycles. The number of likely N-dealkylation sites (tertiary alicyclic amines) is 1. The van der Waals surface area contributed by atoms with Crippen molar-refractivity contribution >= 4 is 5.91 Å². The molecule has 1 N–H and O–H groups in total. The largest absolute Gasteiger partial charge is 0.484 e. The number of hydrogen-bond acceptors (Lipinski definition) is 6. The quantitative estimate of drug-likeness (QED) is 0.865. The second-order valence-electron chi connectivity index (χ2n) is 6.52. The van der Waals surface area contributed by atoms with Crippen molar-refractivity contribution in [3.63, 3.8) is 0 Å². The van der Waals surface area contributed by atoms with E-state index in [0.717, 1.165) is 12.1 Å². The summed E-state index contributed by atoms with van der Waals surface area (Å²) >= 11 is 0. The highest BCUT2D eigenvalue weighted by molar-refractivity contribution is 5.78. The van der Waals surface area contributed by atoms with E-state index >= 15 is 0 Å². The van der Waals surface area contributed by atoms with Crippen LogP contribution in [0.5, 0.6) is 5.75 Å². The number of benzene rings is 1. The van der Waals surface area contributed by atoms with Gasteiger partial charge >= 0.3 is 0 Å². The predicted octanol–water partition coefficient (Wildman–Crippen LogP) is 0.660. The molecule has 1 atom stereocenters. The Morgan fingerprint density at radius 3 is 2.96 bits per heavy atom. The fourth-order valence-electron chi connectivity index (χ4n) is 2.80. The molecule has 1 aromatic carbocycles. The van der Waals surface area contributed by atoms with E-state index in [-0.39, 0.29) is 18.4 Å². The molecule has 2 aromatic rings. The van der Waals surface area contributed by atoms with E-state index in [4.69, 9.17) is 4.74 Å². The number of rotatable bonds is 5. The minimum atomic E-state index is -0.768. The van der Waals surface area contributed by atoms with Crippen LogP contribution in [-0.2, 0) is 4.79 Å².